The normalized spacial score (nSPS) is 12.1. The highest BCUT2D eigenvalue weighted by Gasteiger charge is 2.21. The molecular formula is C13H16BrFN2O3. The van der Waals surface area contributed by atoms with E-state index in [0.717, 1.165) is 0 Å². The zero-order chi connectivity index (χ0) is 15.3. The van der Waals surface area contributed by atoms with E-state index in [1.165, 1.54) is 18.2 Å². The van der Waals surface area contributed by atoms with E-state index in [0.29, 0.717) is 10.9 Å². The zero-order valence-corrected chi connectivity index (χ0v) is 12.7. The Morgan fingerprint density at radius 1 is 1.40 bits per heavy atom. The minimum absolute atomic E-state index is 0.0226. The molecule has 5 nitrogen and oxygen atoms in total. The predicted octanol–water partition coefficient (Wildman–Crippen LogP) is 3.21. The van der Waals surface area contributed by atoms with E-state index in [9.17, 15) is 14.0 Å². The summed E-state index contributed by atoms with van der Waals surface area (Å²) < 4.78 is 14.1. The van der Waals surface area contributed by atoms with E-state index in [-0.39, 0.29) is 11.6 Å². The van der Waals surface area contributed by atoms with Crippen molar-refractivity contribution in [2.24, 2.45) is 5.92 Å². The Morgan fingerprint density at radius 3 is 2.60 bits per heavy atom. The Balaban J connectivity index is 2.70. The third-order valence-electron chi connectivity index (χ3n) is 2.49. The van der Waals surface area contributed by atoms with Gasteiger partial charge < -0.3 is 15.7 Å². The van der Waals surface area contributed by atoms with Gasteiger partial charge in [-0.3, -0.25) is 0 Å². The van der Waals surface area contributed by atoms with E-state index < -0.39 is 23.9 Å². The molecule has 0 fully saturated rings. The van der Waals surface area contributed by atoms with Gasteiger partial charge in [0, 0.05) is 4.47 Å². The maximum atomic E-state index is 13.5. The maximum absolute atomic E-state index is 13.5. The first-order valence-corrected chi connectivity index (χ1v) is 6.84. The summed E-state index contributed by atoms with van der Waals surface area (Å²) in [7, 11) is 0. The van der Waals surface area contributed by atoms with Crippen LogP contribution in [0.1, 0.15) is 20.3 Å². The third-order valence-corrected chi connectivity index (χ3v) is 2.98. The van der Waals surface area contributed by atoms with Crippen molar-refractivity contribution in [1.82, 2.24) is 5.32 Å². The summed E-state index contributed by atoms with van der Waals surface area (Å²) >= 11 is 3.16. The molecule has 1 aromatic rings. The molecule has 0 heterocycles. The summed E-state index contributed by atoms with van der Waals surface area (Å²) in [5.41, 5.74) is -0.0226. The first-order chi connectivity index (χ1) is 9.29. The van der Waals surface area contributed by atoms with Crippen molar-refractivity contribution in [2.75, 3.05) is 5.32 Å². The molecule has 2 amide bonds. The molecule has 20 heavy (non-hydrogen) atoms. The fraction of sp³-hybridized carbons (Fsp3) is 0.385. The zero-order valence-electron chi connectivity index (χ0n) is 11.1. The van der Waals surface area contributed by atoms with Crippen molar-refractivity contribution in [3.63, 3.8) is 0 Å². The molecule has 0 aliphatic carbocycles. The molecule has 0 aromatic heterocycles. The van der Waals surface area contributed by atoms with Gasteiger partial charge in [0.2, 0.25) is 0 Å². The fourth-order valence-corrected chi connectivity index (χ4v) is 1.96. The SMILES string of the molecule is CC(C)C[C@H](NC(=O)Nc1cc(Br)ccc1F)C(=O)O. The number of anilines is 1. The summed E-state index contributed by atoms with van der Waals surface area (Å²) in [6, 6.07) is 2.33. The van der Waals surface area contributed by atoms with Crippen LogP contribution in [0.25, 0.3) is 0 Å². The van der Waals surface area contributed by atoms with Crippen LogP contribution in [0.15, 0.2) is 22.7 Å². The maximum Gasteiger partial charge on any atom is 0.326 e. The van der Waals surface area contributed by atoms with E-state index in [2.05, 4.69) is 26.6 Å². The molecule has 0 aliphatic rings. The third kappa shape index (κ3) is 5.16. The number of nitrogens with one attached hydrogen (secondary N) is 2. The lowest BCUT2D eigenvalue weighted by Gasteiger charge is -2.17. The van der Waals surface area contributed by atoms with Crippen molar-refractivity contribution in [3.8, 4) is 0 Å². The highest BCUT2D eigenvalue weighted by molar-refractivity contribution is 9.10. The van der Waals surface area contributed by atoms with Gasteiger partial charge in [-0.25, -0.2) is 14.0 Å². The first-order valence-electron chi connectivity index (χ1n) is 6.05. The van der Waals surface area contributed by atoms with Crippen LogP contribution < -0.4 is 10.6 Å². The molecule has 7 heteroatoms. The number of carboxylic acids is 1. The summed E-state index contributed by atoms with van der Waals surface area (Å²) in [5, 5.41) is 13.6. The van der Waals surface area contributed by atoms with Crippen LogP contribution >= 0.6 is 15.9 Å². The number of urea groups is 1. The van der Waals surface area contributed by atoms with Crippen LogP contribution in [-0.2, 0) is 4.79 Å². The van der Waals surface area contributed by atoms with E-state index in [4.69, 9.17) is 5.11 Å². The van der Waals surface area contributed by atoms with Crippen LogP contribution in [0.2, 0.25) is 0 Å². The monoisotopic (exact) mass is 346 g/mol. The topological polar surface area (TPSA) is 78.4 Å². The van der Waals surface area contributed by atoms with Gasteiger partial charge in [0.25, 0.3) is 0 Å². The van der Waals surface area contributed by atoms with Gasteiger partial charge in [-0.05, 0) is 30.5 Å². The number of carbonyl (C=O) groups excluding carboxylic acids is 1. The second kappa shape index (κ2) is 7.23. The number of hydrogen-bond acceptors (Lipinski definition) is 2. The number of carboxylic acid groups (broad SMARTS) is 1. The van der Waals surface area contributed by atoms with Gasteiger partial charge in [-0.15, -0.1) is 0 Å². The highest BCUT2D eigenvalue weighted by Crippen LogP contribution is 2.19. The summed E-state index contributed by atoms with van der Waals surface area (Å²) in [6.45, 7) is 3.70. The molecule has 0 aliphatic heterocycles. The fourth-order valence-electron chi connectivity index (χ4n) is 1.60. The molecule has 1 atom stereocenters. The van der Waals surface area contributed by atoms with Crippen LogP contribution in [0.5, 0.6) is 0 Å². The van der Waals surface area contributed by atoms with Crippen LogP contribution in [0, 0.1) is 11.7 Å². The molecule has 1 rings (SSSR count). The standard InChI is InChI=1S/C13H16BrFN2O3/c1-7(2)5-11(12(18)19)17-13(20)16-10-6-8(14)3-4-9(10)15/h3-4,6-7,11H,5H2,1-2H3,(H,18,19)(H2,16,17,20)/t11-/m0/s1. The molecule has 1 aromatic carbocycles. The lowest BCUT2D eigenvalue weighted by Crippen LogP contribution is -2.43. The number of halogens is 2. The number of carbonyl (C=O) groups is 2. The molecule has 110 valence electrons. The van der Waals surface area contributed by atoms with Gasteiger partial charge in [-0.1, -0.05) is 29.8 Å². The highest BCUT2D eigenvalue weighted by atomic mass is 79.9. The molecule has 0 saturated carbocycles. The van der Waals surface area contributed by atoms with E-state index in [1.54, 1.807) is 0 Å². The van der Waals surface area contributed by atoms with Crippen molar-refractivity contribution < 1.29 is 19.1 Å². The first kappa shape index (κ1) is 16.4. The summed E-state index contributed by atoms with van der Waals surface area (Å²) in [4.78, 5) is 22.7. The Kier molecular flexibility index (Phi) is 5.94. The van der Waals surface area contributed by atoms with Gasteiger partial charge >= 0.3 is 12.0 Å². The number of hydrogen-bond donors (Lipinski definition) is 3. The predicted molar refractivity (Wildman–Crippen MR) is 77.1 cm³/mol. The summed E-state index contributed by atoms with van der Waals surface area (Å²) in [5.74, 6) is -1.61. The van der Waals surface area contributed by atoms with E-state index in [1.807, 2.05) is 13.8 Å². The molecule has 0 unspecified atom stereocenters. The lowest BCUT2D eigenvalue weighted by molar-refractivity contribution is -0.139. The molecule has 0 radical (unpaired) electrons. The van der Waals surface area contributed by atoms with Crippen LogP contribution in [-0.4, -0.2) is 23.1 Å². The van der Waals surface area contributed by atoms with Gasteiger partial charge in [-0.2, -0.15) is 0 Å². The Labute approximate surface area is 124 Å². The van der Waals surface area contributed by atoms with Gasteiger partial charge in [0.05, 0.1) is 5.69 Å². The molecule has 0 saturated heterocycles. The molecule has 3 N–H and O–H groups in total. The molecular weight excluding hydrogens is 331 g/mol. The minimum Gasteiger partial charge on any atom is -0.480 e. The molecule has 0 bridgehead atoms. The Bertz CT molecular complexity index is 508. The van der Waals surface area contributed by atoms with E-state index >= 15 is 0 Å². The molecule has 0 spiro atoms. The number of rotatable bonds is 5. The Morgan fingerprint density at radius 2 is 2.05 bits per heavy atom. The lowest BCUT2D eigenvalue weighted by atomic mass is 10.0. The van der Waals surface area contributed by atoms with Crippen LogP contribution in [0.3, 0.4) is 0 Å². The quantitative estimate of drug-likeness (QED) is 0.765. The minimum atomic E-state index is -1.12. The number of aliphatic carboxylic acids is 1. The van der Waals surface area contributed by atoms with Crippen molar-refractivity contribution >= 4 is 33.6 Å². The summed E-state index contributed by atoms with van der Waals surface area (Å²) in [6.07, 6.45) is 0.295. The second-order valence-electron chi connectivity index (χ2n) is 4.74. The Hall–Kier alpha value is -1.63. The van der Waals surface area contributed by atoms with Crippen molar-refractivity contribution in [3.05, 3.63) is 28.5 Å². The number of amides is 2. The van der Waals surface area contributed by atoms with Crippen molar-refractivity contribution in [2.45, 2.75) is 26.3 Å². The second-order valence-corrected chi connectivity index (χ2v) is 5.66. The largest absolute Gasteiger partial charge is 0.480 e. The van der Waals surface area contributed by atoms with Gasteiger partial charge in [0.1, 0.15) is 11.9 Å². The van der Waals surface area contributed by atoms with Crippen molar-refractivity contribution in [1.29, 1.82) is 0 Å². The van der Waals surface area contributed by atoms with Crippen LogP contribution in [0.4, 0.5) is 14.9 Å². The average Bonchev–Trinajstić information content (AvgIpc) is 2.32. The van der Waals surface area contributed by atoms with Gasteiger partial charge in [0.15, 0.2) is 0 Å². The number of benzene rings is 1. The average molecular weight is 347 g/mol. The smallest absolute Gasteiger partial charge is 0.326 e.